The van der Waals surface area contributed by atoms with Crippen molar-refractivity contribution in [3.63, 3.8) is 0 Å². The molecule has 2 rings (SSSR count). The lowest BCUT2D eigenvalue weighted by molar-refractivity contribution is -0.116. The Labute approximate surface area is 143 Å². The van der Waals surface area contributed by atoms with E-state index in [4.69, 9.17) is 0 Å². The number of ketones is 1. The largest absolute Gasteiger partial charge is 0.295 e. The molecule has 0 spiro atoms. The highest BCUT2D eigenvalue weighted by Crippen LogP contribution is 2.58. The van der Waals surface area contributed by atoms with Gasteiger partial charge in [0, 0.05) is 6.42 Å². The molecule has 0 aromatic heterocycles. The van der Waals surface area contributed by atoms with Crippen LogP contribution in [0.3, 0.4) is 0 Å². The Kier molecular flexibility index (Phi) is 5.28. The Bertz CT molecular complexity index is 510. The molecule has 1 nitrogen and oxygen atoms in total. The van der Waals surface area contributed by atoms with Gasteiger partial charge in [-0.15, -0.1) is 0 Å². The molecule has 1 saturated carbocycles. The quantitative estimate of drug-likeness (QED) is 0.540. The van der Waals surface area contributed by atoms with Crippen molar-refractivity contribution in [2.24, 2.45) is 28.6 Å². The highest BCUT2D eigenvalue weighted by molar-refractivity contribution is 5.91. The molecule has 1 fully saturated rings. The molecule has 0 aromatic carbocycles. The molecular weight excluding hydrogens is 280 g/mol. The minimum Gasteiger partial charge on any atom is -0.295 e. The molecule has 0 heterocycles. The smallest absolute Gasteiger partial charge is 0.155 e. The predicted molar refractivity (Wildman–Crippen MR) is 99.3 cm³/mol. The average Bonchev–Trinajstić information content (AvgIpc) is 2.48. The SMILES string of the molecule is C=C(C)C(C)(C)C(CC)C1CCC2=CC(=O)CCC2(C)C1CC. The van der Waals surface area contributed by atoms with Gasteiger partial charge >= 0.3 is 0 Å². The Hall–Kier alpha value is -0.850. The van der Waals surface area contributed by atoms with E-state index in [0.29, 0.717) is 17.6 Å². The second-order valence-corrected chi connectivity index (χ2v) is 8.79. The molecule has 0 N–H and O–H groups in total. The van der Waals surface area contributed by atoms with Crippen LogP contribution >= 0.6 is 0 Å². The summed E-state index contributed by atoms with van der Waals surface area (Å²) in [6.07, 6.45) is 8.58. The summed E-state index contributed by atoms with van der Waals surface area (Å²) in [6, 6.07) is 0. The van der Waals surface area contributed by atoms with Gasteiger partial charge in [-0.05, 0) is 60.8 Å². The third kappa shape index (κ3) is 3.08. The van der Waals surface area contributed by atoms with Crippen LogP contribution in [0.25, 0.3) is 0 Å². The summed E-state index contributed by atoms with van der Waals surface area (Å²) in [5.41, 5.74) is 3.18. The van der Waals surface area contributed by atoms with Gasteiger partial charge < -0.3 is 0 Å². The second-order valence-electron chi connectivity index (χ2n) is 8.79. The lowest BCUT2D eigenvalue weighted by atomic mass is 9.50. The molecule has 0 aromatic rings. The van der Waals surface area contributed by atoms with E-state index >= 15 is 0 Å². The zero-order valence-electron chi connectivity index (χ0n) is 16.2. The van der Waals surface area contributed by atoms with E-state index in [2.05, 4.69) is 48.1 Å². The first kappa shape index (κ1) is 18.5. The first-order valence-corrected chi connectivity index (χ1v) is 9.58. The molecule has 23 heavy (non-hydrogen) atoms. The number of hydrogen-bond acceptors (Lipinski definition) is 1. The fourth-order valence-electron chi connectivity index (χ4n) is 5.65. The maximum atomic E-state index is 11.9. The molecule has 0 bridgehead atoms. The number of hydrogen-bond donors (Lipinski definition) is 0. The maximum Gasteiger partial charge on any atom is 0.155 e. The summed E-state index contributed by atoms with van der Waals surface area (Å²) < 4.78 is 0. The Morgan fingerprint density at radius 1 is 1.39 bits per heavy atom. The van der Waals surface area contributed by atoms with Crippen LogP contribution < -0.4 is 0 Å². The van der Waals surface area contributed by atoms with E-state index in [0.717, 1.165) is 25.2 Å². The molecular formula is C22H36O. The Balaban J connectivity index is 2.39. The van der Waals surface area contributed by atoms with Crippen LogP contribution in [0.5, 0.6) is 0 Å². The first-order valence-electron chi connectivity index (χ1n) is 9.58. The number of fused-ring (bicyclic) bond motifs is 1. The van der Waals surface area contributed by atoms with Gasteiger partial charge in [-0.25, -0.2) is 0 Å². The molecule has 1 heteroatoms. The molecule has 0 radical (unpaired) electrons. The zero-order chi connectivity index (χ0) is 17.4. The van der Waals surface area contributed by atoms with Gasteiger partial charge in [0.05, 0.1) is 0 Å². The molecule has 0 aliphatic heterocycles. The summed E-state index contributed by atoms with van der Waals surface area (Å²) in [4.78, 5) is 11.9. The van der Waals surface area contributed by atoms with Crippen molar-refractivity contribution >= 4 is 5.78 Å². The van der Waals surface area contributed by atoms with E-state index in [-0.39, 0.29) is 10.8 Å². The normalized spacial score (nSPS) is 33.0. The van der Waals surface area contributed by atoms with Crippen LogP contribution in [0, 0.1) is 28.6 Å². The molecule has 4 unspecified atom stereocenters. The van der Waals surface area contributed by atoms with Crippen LogP contribution in [0.4, 0.5) is 0 Å². The van der Waals surface area contributed by atoms with Crippen molar-refractivity contribution in [3.8, 4) is 0 Å². The first-order chi connectivity index (χ1) is 10.7. The summed E-state index contributed by atoms with van der Waals surface area (Å²) in [5, 5.41) is 0. The number of carbonyl (C=O) groups excluding carboxylic acids is 1. The van der Waals surface area contributed by atoms with Gasteiger partial charge in [-0.2, -0.15) is 0 Å². The van der Waals surface area contributed by atoms with E-state index in [9.17, 15) is 4.79 Å². The third-order valence-corrected chi connectivity index (χ3v) is 7.47. The summed E-state index contributed by atoms with van der Waals surface area (Å²) in [6.45, 7) is 18.4. The van der Waals surface area contributed by atoms with Gasteiger partial charge in [-0.1, -0.05) is 65.2 Å². The van der Waals surface area contributed by atoms with Crippen LogP contribution in [-0.4, -0.2) is 5.78 Å². The minimum atomic E-state index is 0.189. The topological polar surface area (TPSA) is 17.1 Å². The molecule has 2 aliphatic rings. The van der Waals surface area contributed by atoms with Crippen molar-refractivity contribution < 1.29 is 4.79 Å². The monoisotopic (exact) mass is 316 g/mol. The zero-order valence-corrected chi connectivity index (χ0v) is 16.2. The molecule has 0 saturated heterocycles. The highest BCUT2D eigenvalue weighted by atomic mass is 16.1. The van der Waals surface area contributed by atoms with E-state index in [1.165, 1.54) is 30.4 Å². The molecule has 0 amide bonds. The summed E-state index contributed by atoms with van der Waals surface area (Å²) in [5.74, 6) is 2.47. The Morgan fingerprint density at radius 2 is 2.04 bits per heavy atom. The van der Waals surface area contributed by atoms with Crippen LogP contribution in [0.15, 0.2) is 23.8 Å². The molecule has 4 atom stereocenters. The van der Waals surface area contributed by atoms with Gasteiger partial charge in [0.1, 0.15) is 0 Å². The Morgan fingerprint density at radius 3 is 2.57 bits per heavy atom. The second kappa shape index (κ2) is 6.57. The maximum absolute atomic E-state index is 11.9. The van der Waals surface area contributed by atoms with Gasteiger partial charge in [0.25, 0.3) is 0 Å². The third-order valence-electron chi connectivity index (χ3n) is 7.47. The van der Waals surface area contributed by atoms with Crippen LogP contribution in [0.2, 0.25) is 0 Å². The van der Waals surface area contributed by atoms with Gasteiger partial charge in [0.2, 0.25) is 0 Å². The summed E-state index contributed by atoms with van der Waals surface area (Å²) in [7, 11) is 0. The van der Waals surface area contributed by atoms with E-state index in [1.54, 1.807) is 0 Å². The summed E-state index contributed by atoms with van der Waals surface area (Å²) >= 11 is 0. The van der Waals surface area contributed by atoms with E-state index in [1.807, 2.05) is 6.08 Å². The lowest BCUT2D eigenvalue weighted by Gasteiger charge is -2.54. The van der Waals surface area contributed by atoms with Crippen molar-refractivity contribution in [3.05, 3.63) is 23.8 Å². The van der Waals surface area contributed by atoms with Gasteiger partial charge in [0.15, 0.2) is 5.78 Å². The van der Waals surface area contributed by atoms with Crippen LogP contribution in [0.1, 0.15) is 80.1 Å². The standard InChI is InChI=1S/C22H36O/c1-8-19(21(5,6)15(3)4)18-11-10-16-14-17(23)12-13-22(16,7)20(18)9-2/h14,18-20H,3,8-13H2,1-2,4-7H3. The number of allylic oxidation sites excluding steroid dienone is 3. The molecule has 2 aliphatic carbocycles. The highest BCUT2D eigenvalue weighted by Gasteiger charge is 2.49. The van der Waals surface area contributed by atoms with Crippen LogP contribution in [-0.2, 0) is 4.79 Å². The van der Waals surface area contributed by atoms with Gasteiger partial charge in [-0.3, -0.25) is 4.79 Å². The number of carbonyl (C=O) groups is 1. The van der Waals surface area contributed by atoms with Crippen molar-refractivity contribution in [2.75, 3.05) is 0 Å². The average molecular weight is 317 g/mol. The number of rotatable bonds is 5. The van der Waals surface area contributed by atoms with E-state index < -0.39 is 0 Å². The van der Waals surface area contributed by atoms with Crippen molar-refractivity contribution in [2.45, 2.75) is 80.1 Å². The molecule has 130 valence electrons. The van der Waals surface area contributed by atoms with Crippen molar-refractivity contribution in [1.82, 2.24) is 0 Å². The fourth-order valence-corrected chi connectivity index (χ4v) is 5.65. The minimum absolute atomic E-state index is 0.189. The lowest BCUT2D eigenvalue weighted by Crippen LogP contribution is -2.46. The van der Waals surface area contributed by atoms with Crippen molar-refractivity contribution in [1.29, 1.82) is 0 Å². The fraction of sp³-hybridized carbons (Fsp3) is 0.773. The predicted octanol–water partition coefficient (Wildman–Crippen LogP) is 6.35.